The van der Waals surface area contributed by atoms with Crippen LogP contribution in [0.3, 0.4) is 0 Å². The van der Waals surface area contributed by atoms with Gasteiger partial charge in [0.15, 0.2) is 0 Å². The lowest BCUT2D eigenvalue weighted by molar-refractivity contribution is 0.817. The van der Waals surface area contributed by atoms with Crippen molar-refractivity contribution in [2.75, 3.05) is 6.54 Å². The highest BCUT2D eigenvalue weighted by Crippen LogP contribution is 2.28. The van der Waals surface area contributed by atoms with Crippen molar-refractivity contribution < 1.29 is 0 Å². The van der Waals surface area contributed by atoms with Gasteiger partial charge < -0.3 is 10.3 Å². The van der Waals surface area contributed by atoms with Crippen molar-refractivity contribution in [1.82, 2.24) is 9.55 Å². The molecule has 2 N–H and O–H groups in total. The number of pyridine rings is 1. The van der Waals surface area contributed by atoms with Crippen molar-refractivity contribution in [1.29, 1.82) is 0 Å². The van der Waals surface area contributed by atoms with Crippen LogP contribution < -0.4 is 5.73 Å². The SMILES string of the molecule is NCCc1cn(Cc2cccc(Cl)c2Cl)c2ncccc12. The molecule has 1 aromatic carbocycles. The maximum atomic E-state index is 6.28. The lowest BCUT2D eigenvalue weighted by Gasteiger charge is -2.08. The van der Waals surface area contributed by atoms with Crippen LogP contribution in [0.1, 0.15) is 11.1 Å². The number of halogens is 2. The summed E-state index contributed by atoms with van der Waals surface area (Å²) in [5.74, 6) is 0. The summed E-state index contributed by atoms with van der Waals surface area (Å²) < 4.78 is 2.10. The van der Waals surface area contributed by atoms with Crippen LogP contribution in [0.15, 0.2) is 42.7 Å². The van der Waals surface area contributed by atoms with Crippen LogP contribution in [0.5, 0.6) is 0 Å². The van der Waals surface area contributed by atoms with Gasteiger partial charge in [-0.3, -0.25) is 0 Å². The molecule has 3 nitrogen and oxygen atoms in total. The molecule has 0 saturated carbocycles. The van der Waals surface area contributed by atoms with E-state index in [2.05, 4.69) is 21.8 Å². The van der Waals surface area contributed by atoms with Crippen LogP contribution in [0.2, 0.25) is 10.0 Å². The second-order valence-electron chi connectivity index (χ2n) is 4.91. The van der Waals surface area contributed by atoms with E-state index >= 15 is 0 Å². The Kier molecular flexibility index (Phi) is 4.15. The van der Waals surface area contributed by atoms with Crippen LogP contribution in [-0.4, -0.2) is 16.1 Å². The van der Waals surface area contributed by atoms with Crippen LogP contribution >= 0.6 is 23.2 Å². The highest BCUT2D eigenvalue weighted by molar-refractivity contribution is 6.42. The second kappa shape index (κ2) is 6.06. The fourth-order valence-corrected chi connectivity index (χ4v) is 2.90. The Balaban J connectivity index is 2.06. The second-order valence-corrected chi connectivity index (χ2v) is 5.69. The van der Waals surface area contributed by atoms with Gasteiger partial charge in [-0.15, -0.1) is 0 Å². The quantitative estimate of drug-likeness (QED) is 0.792. The highest BCUT2D eigenvalue weighted by Gasteiger charge is 2.11. The third kappa shape index (κ3) is 2.77. The van der Waals surface area contributed by atoms with Crippen molar-refractivity contribution in [2.24, 2.45) is 5.73 Å². The fraction of sp³-hybridized carbons (Fsp3) is 0.188. The molecule has 3 rings (SSSR count). The molecule has 0 aliphatic carbocycles. The molecule has 21 heavy (non-hydrogen) atoms. The van der Waals surface area contributed by atoms with Crippen LogP contribution in [-0.2, 0) is 13.0 Å². The molecule has 2 heterocycles. The van der Waals surface area contributed by atoms with Gasteiger partial charge in [-0.2, -0.15) is 0 Å². The third-order valence-electron chi connectivity index (χ3n) is 3.50. The van der Waals surface area contributed by atoms with Gasteiger partial charge in [0.25, 0.3) is 0 Å². The van der Waals surface area contributed by atoms with E-state index in [4.69, 9.17) is 28.9 Å². The van der Waals surface area contributed by atoms with Gasteiger partial charge >= 0.3 is 0 Å². The zero-order chi connectivity index (χ0) is 14.8. The molecular formula is C16H15Cl2N3. The van der Waals surface area contributed by atoms with Gasteiger partial charge in [-0.1, -0.05) is 35.3 Å². The number of benzene rings is 1. The maximum absolute atomic E-state index is 6.28. The van der Waals surface area contributed by atoms with E-state index in [1.807, 2.05) is 18.2 Å². The van der Waals surface area contributed by atoms with Crippen LogP contribution in [0.25, 0.3) is 11.0 Å². The summed E-state index contributed by atoms with van der Waals surface area (Å²) in [5.41, 5.74) is 8.82. The summed E-state index contributed by atoms with van der Waals surface area (Å²) in [5, 5.41) is 2.30. The minimum absolute atomic E-state index is 0.570. The standard InChI is InChI=1S/C16H15Cl2N3/c17-14-5-1-3-12(15(14)18)10-21-9-11(6-7-19)13-4-2-8-20-16(13)21/h1-5,8-9H,6-7,10,19H2. The first-order chi connectivity index (χ1) is 10.2. The predicted octanol–water partition coefficient (Wildman–Crippen LogP) is 3.89. The van der Waals surface area contributed by atoms with E-state index in [0.29, 0.717) is 23.1 Å². The Morgan fingerprint density at radius 1 is 1.10 bits per heavy atom. The van der Waals surface area contributed by atoms with Crippen molar-refractivity contribution in [3.05, 3.63) is 63.9 Å². The molecule has 0 bridgehead atoms. The molecule has 0 aliphatic heterocycles. The van der Waals surface area contributed by atoms with Crippen molar-refractivity contribution in [3.8, 4) is 0 Å². The number of rotatable bonds is 4. The van der Waals surface area contributed by atoms with Crippen LogP contribution in [0, 0.1) is 0 Å². The number of fused-ring (bicyclic) bond motifs is 1. The molecule has 2 aromatic heterocycles. The number of aromatic nitrogens is 2. The summed E-state index contributed by atoms with van der Waals surface area (Å²) in [6.45, 7) is 1.25. The molecule has 0 unspecified atom stereocenters. The maximum Gasteiger partial charge on any atom is 0.140 e. The zero-order valence-corrected chi connectivity index (χ0v) is 12.9. The average molecular weight is 320 g/mol. The van der Waals surface area contributed by atoms with E-state index in [1.165, 1.54) is 5.56 Å². The highest BCUT2D eigenvalue weighted by atomic mass is 35.5. The summed E-state index contributed by atoms with van der Waals surface area (Å²) in [4.78, 5) is 4.48. The topological polar surface area (TPSA) is 43.8 Å². The third-order valence-corrected chi connectivity index (χ3v) is 4.36. The Morgan fingerprint density at radius 3 is 2.76 bits per heavy atom. The first-order valence-electron chi connectivity index (χ1n) is 6.76. The Labute approximate surface area is 133 Å². The molecule has 0 saturated heterocycles. The number of hydrogen-bond donors (Lipinski definition) is 1. The lowest BCUT2D eigenvalue weighted by Crippen LogP contribution is -2.02. The molecule has 0 radical (unpaired) electrons. The first-order valence-corrected chi connectivity index (χ1v) is 7.52. The Bertz CT molecular complexity index is 780. The van der Waals surface area contributed by atoms with Crippen molar-refractivity contribution in [3.63, 3.8) is 0 Å². The lowest BCUT2D eigenvalue weighted by atomic mass is 10.2. The van der Waals surface area contributed by atoms with Gasteiger partial charge in [0.05, 0.1) is 16.6 Å². The first kappa shape index (κ1) is 14.4. The van der Waals surface area contributed by atoms with E-state index in [1.54, 1.807) is 12.3 Å². The largest absolute Gasteiger partial charge is 0.330 e. The van der Waals surface area contributed by atoms with E-state index in [-0.39, 0.29) is 0 Å². The zero-order valence-electron chi connectivity index (χ0n) is 11.4. The molecule has 108 valence electrons. The van der Waals surface area contributed by atoms with Gasteiger partial charge in [0.2, 0.25) is 0 Å². The minimum Gasteiger partial charge on any atom is -0.330 e. The normalized spacial score (nSPS) is 11.2. The molecule has 5 heteroatoms. The molecule has 0 spiro atoms. The van der Waals surface area contributed by atoms with Crippen molar-refractivity contribution in [2.45, 2.75) is 13.0 Å². The van der Waals surface area contributed by atoms with Gasteiger partial charge in [0, 0.05) is 17.8 Å². The van der Waals surface area contributed by atoms with E-state index in [9.17, 15) is 0 Å². The van der Waals surface area contributed by atoms with Gasteiger partial charge in [0.1, 0.15) is 5.65 Å². The fourth-order valence-electron chi connectivity index (χ4n) is 2.52. The monoisotopic (exact) mass is 319 g/mol. The number of nitrogens with two attached hydrogens (primary N) is 1. The van der Waals surface area contributed by atoms with Gasteiger partial charge in [-0.05, 0) is 42.3 Å². The summed E-state index contributed by atoms with van der Waals surface area (Å²) in [6.07, 6.45) is 4.73. The Morgan fingerprint density at radius 2 is 1.95 bits per heavy atom. The summed E-state index contributed by atoms with van der Waals surface area (Å²) in [7, 11) is 0. The molecule has 0 atom stereocenters. The minimum atomic E-state index is 0.570. The number of nitrogens with zero attached hydrogens (tertiary/aromatic N) is 2. The van der Waals surface area contributed by atoms with Gasteiger partial charge in [-0.25, -0.2) is 4.98 Å². The van der Waals surface area contributed by atoms with E-state index in [0.717, 1.165) is 23.0 Å². The smallest absolute Gasteiger partial charge is 0.140 e. The number of hydrogen-bond acceptors (Lipinski definition) is 2. The summed E-state index contributed by atoms with van der Waals surface area (Å²) >= 11 is 12.4. The average Bonchev–Trinajstić information content (AvgIpc) is 2.83. The molecule has 3 aromatic rings. The van der Waals surface area contributed by atoms with E-state index < -0.39 is 0 Å². The molecular weight excluding hydrogens is 305 g/mol. The molecule has 0 fully saturated rings. The molecule has 0 amide bonds. The Hall–Kier alpha value is -1.55. The predicted molar refractivity (Wildman–Crippen MR) is 88.1 cm³/mol. The molecule has 0 aliphatic rings. The van der Waals surface area contributed by atoms with Crippen LogP contribution in [0.4, 0.5) is 0 Å². The summed E-state index contributed by atoms with van der Waals surface area (Å²) in [6, 6.07) is 9.69. The van der Waals surface area contributed by atoms with Crippen molar-refractivity contribution >= 4 is 34.2 Å².